The molecule has 0 bridgehead atoms. The molecule has 0 amide bonds. The monoisotopic (exact) mass is 212 g/mol. The van der Waals surface area contributed by atoms with Gasteiger partial charge in [-0.05, 0) is 32.7 Å². The lowest BCUT2D eigenvalue weighted by Gasteiger charge is -1.93. The number of unbranched alkanes of at least 4 members (excludes halogenated alkanes) is 1. The van der Waals surface area contributed by atoms with Crippen LogP contribution in [0, 0.1) is 6.92 Å². The Morgan fingerprint density at radius 1 is 1.50 bits per heavy atom. The van der Waals surface area contributed by atoms with Crippen molar-refractivity contribution in [3.8, 4) is 0 Å². The number of aromatic nitrogens is 1. The lowest BCUT2D eigenvalue weighted by atomic mass is 10.2. The van der Waals surface area contributed by atoms with E-state index in [1.807, 2.05) is 6.92 Å². The zero-order valence-electron chi connectivity index (χ0n) is 8.67. The Hall–Kier alpha value is -0.740. The summed E-state index contributed by atoms with van der Waals surface area (Å²) in [7, 11) is 0. The highest BCUT2D eigenvalue weighted by atomic mass is 32.1. The van der Waals surface area contributed by atoms with Gasteiger partial charge < -0.3 is 5.73 Å². The zero-order valence-corrected chi connectivity index (χ0v) is 9.49. The fraction of sp³-hybridized carbons (Fsp3) is 0.600. The summed E-state index contributed by atoms with van der Waals surface area (Å²) in [5.74, 6) is 0.116. The lowest BCUT2D eigenvalue weighted by molar-refractivity contribution is 0.102. The molecule has 0 atom stereocenters. The molecule has 0 spiro atoms. The molecule has 78 valence electrons. The molecule has 0 saturated carbocycles. The van der Waals surface area contributed by atoms with Gasteiger partial charge in [0.05, 0.1) is 15.6 Å². The Kier molecular flexibility index (Phi) is 4.22. The minimum absolute atomic E-state index is 0.116. The smallest absolute Gasteiger partial charge is 0.171 e. The summed E-state index contributed by atoms with van der Waals surface area (Å²) >= 11 is 1.52. The van der Waals surface area contributed by atoms with Crippen LogP contribution in [-0.2, 0) is 6.42 Å². The summed E-state index contributed by atoms with van der Waals surface area (Å²) in [6, 6.07) is 0. The normalized spacial score (nSPS) is 10.5. The molecule has 0 aliphatic carbocycles. The Morgan fingerprint density at radius 3 is 2.71 bits per heavy atom. The second kappa shape index (κ2) is 5.22. The van der Waals surface area contributed by atoms with Crippen LogP contribution in [0.2, 0.25) is 0 Å². The highest BCUT2D eigenvalue weighted by Crippen LogP contribution is 2.19. The number of nitrogens with zero attached hydrogens (tertiary/aromatic N) is 1. The summed E-state index contributed by atoms with van der Waals surface area (Å²) in [6.07, 6.45) is 3.02. The highest BCUT2D eigenvalue weighted by Gasteiger charge is 2.10. The summed E-state index contributed by atoms with van der Waals surface area (Å²) in [6.45, 7) is 4.20. The van der Waals surface area contributed by atoms with Crippen LogP contribution in [0.25, 0.3) is 0 Å². The number of carbonyl (C=O) groups excluding carboxylic acids is 1. The molecule has 0 fully saturated rings. The van der Waals surface area contributed by atoms with Crippen LogP contribution in [0.4, 0.5) is 0 Å². The van der Waals surface area contributed by atoms with Crippen LogP contribution >= 0.6 is 11.3 Å². The number of aryl methyl sites for hydroxylation is 2. The predicted molar refractivity (Wildman–Crippen MR) is 58.8 cm³/mol. The van der Waals surface area contributed by atoms with Crippen LogP contribution in [0.1, 0.15) is 40.1 Å². The molecule has 0 unspecified atom stereocenters. The van der Waals surface area contributed by atoms with Crippen molar-refractivity contribution in [3.63, 3.8) is 0 Å². The van der Waals surface area contributed by atoms with E-state index in [9.17, 15) is 4.79 Å². The number of hydrogen-bond donors (Lipinski definition) is 1. The van der Waals surface area contributed by atoms with E-state index < -0.39 is 0 Å². The fourth-order valence-electron chi connectivity index (χ4n) is 1.31. The van der Waals surface area contributed by atoms with Crippen molar-refractivity contribution >= 4 is 17.1 Å². The Morgan fingerprint density at radius 2 is 2.21 bits per heavy atom. The van der Waals surface area contributed by atoms with Gasteiger partial charge in [-0.2, -0.15) is 0 Å². The number of rotatable bonds is 5. The maximum absolute atomic E-state index is 11.2. The van der Waals surface area contributed by atoms with E-state index in [4.69, 9.17) is 5.73 Å². The van der Waals surface area contributed by atoms with Crippen LogP contribution in [0.3, 0.4) is 0 Å². The first-order chi connectivity index (χ1) is 6.65. The summed E-state index contributed by atoms with van der Waals surface area (Å²) < 4.78 is 0. The standard InChI is InChI=1S/C10H16N2OS/c1-7-10(8(2)13)14-9(12-7)5-3-4-6-11/h3-6,11H2,1-2H3. The van der Waals surface area contributed by atoms with E-state index in [2.05, 4.69) is 4.98 Å². The van der Waals surface area contributed by atoms with Crippen LogP contribution < -0.4 is 5.73 Å². The van der Waals surface area contributed by atoms with Crippen molar-refractivity contribution in [2.45, 2.75) is 33.1 Å². The topological polar surface area (TPSA) is 56.0 Å². The molecule has 0 aromatic carbocycles. The Labute approximate surface area is 88.3 Å². The molecular formula is C10H16N2OS. The maximum Gasteiger partial charge on any atom is 0.171 e. The quantitative estimate of drug-likeness (QED) is 0.599. The van der Waals surface area contributed by atoms with Crippen LogP contribution in [0.5, 0.6) is 0 Å². The SMILES string of the molecule is CC(=O)c1sc(CCCCN)nc1C. The molecule has 0 aliphatic rings. The molecule has 0 aliphatic heterocycles. The van der Waals surface area contributed by atoms with Crippen molar-refractivity contribution in [1.29, 1.82) is 0 Å². The zero-order chi connectivity index (χ0) is 10.6. The summed E-state index contributed by atoms with van der Waals surface area (Å²) in [5.41, 5.74) is 6.27. The van der Waals surface area contributed by atoms with Gasteiger partial charge in [0.1, 0.15) is 0 Å². The fourth-order valence-corrected chi connectivity index (χ4v) is 2.31. The summed E-state index contributed by atoms with van der Waals surface area (Å²) in [5, 5.41) is 1.06. The van der Waals surface area contributed by atoms with E-state index in [1.54, 1.807) is 6.92 Å². The van der Waals surface area contributed by atoms with Gasteiger partial charge in [-0.25, -0.2) is 4.98 Å². The van der Waals surface area contributed by atoms with Gasteiger partial charge in [0.25, 0.3) is 0 Å². The molecule has 3 nitrogen and oxygen atoms in total. The van der Waals surface area contributed by atoms with Gasteiger partial charge in [-0.15, -0.1) is 11.3 Å². The average Bonchev–Trinajstić information content (AvgIpc) is 2.47. The molecule has 4 heteroatoms. The van der Waals surface area contributed by atoms with Gasteiger partial charge in [-0.1, -0.05) is 0 Å². The van der Waals surface area contributed by atoms with Crippen molar-refractivity contribution in [3.05, 3.63) is 15.6 Å². The molecule has 2 N–H and O–H groups in total. The minimum Gasteiger partial charge on any atom is -0.330 e. The summed E-state index contributed by atoms with van der Waals surface area (Å²) in [4.78, 5) is 16.3. The Bertz CT molecular complexity index is 320. The molecule has 1 rings (SSSR count). The average molecular weight is 212 g/mol. The number of nitrogens with two attached hydrogens (primary N) is 1. The van der Waals surface area contributed by atoms with Gasteiger partial charge in [0, 0.05) is 6.92 Å². The molecule has 1 heterocycles. The lowest BCUT2D eigenvalue weighted by Crippen LogP contribution is -1.98. The molecule has 1 aromatic heterocycles. The molecular weight excluding hydrogens is 196 g/mol. The Balaban J connectivity index is 2.62. The van der Waals surface area contributed by atoms with Crippen molar-refractivity contribution in [2.24, 2.45) is 5.73 Å². The molecule has 14 heavy (non-hydrogen) atoms. The molecule has 0 saturated heterocycles. The number of ketones is 1. The second-order valence-corrected chi connectivity index (χ2v) is 4.41. The first kappa shape index (κ1) is 11.3. The number of thiazole rings is 1. The number of carbonyl (C=O) groups is 1. The largest absolute Gasteiger partial charge is 0.330 e. The van der Waals surface area contributed by atoms with E-state index in [0.29, 0.717) is 0 Å². The van der Waals surface area contributed by atoms with E-state index in [1.165, 1.54) is 11.3 Å². The number of hydrogen-bond acceptors (Lipinski definition) is 4. The molecule has 1 aromatic rings. The highest BCUT2D eigenvalue weighted by molar-refractivity contribution is 7.13. The third-order valence-electron chi connectivity index (χ3n) is 2.01. The second-order valence-electron chi connectivity index (χ2n) is 3.32. The predicted octanol–water partition coefficient (Wildman–Crippen LogP) is 1.94. The third kappa shape index (κ3) is 2.89. The maximum atomic E-state index is 11.2. The van der Waals surface area contributed by atoms with E-state index in [0.717, 1.165) is 41.4 Å². The van der Waals surface area contributed by atoms with Gasteiger partial charge in [0.15, 0.2) is 5.78 Å². The minimum atomic E-state index is 0.116. The van der Waals surface area contributed by atoms with Crippen molar-refractivity contribution in [2.75, 3.05) is 6.54 Å². The van der Waals surface area contributed by atoms with Crippen molar-refractivity contribution in [1.82, 2.24) is 4.98 Å². The van der Waals surface area contributed by atoms with Gasteiger partial charge >= 0.3 is 0 Å². The number of Topliss-reactive ketones (excluding diaryl/α,β-unsaturated/α-hetero) is 1. The van der Waals surface area contributed by atoms with Crippen LogP contribution in [0.15, 0.2) is 0 Å². The van der Waals surface area contributed by atoms with E-state index in [-0.39, 0.29) is 5.78 Å². The third-order valence-corrected chi connectivity index (χ3v) is 3.32. The first-order valence-corrected chi connectivity index (χ1v) is 5.64. The first-order valence-electron chi connectivity index (χ1n) is 4.82. The van der Waals surface area contributed by atoms with Gasteiger partial charge in [-0.3, -0.25) is 4.79 Å². The van der Waals surface area contributed by atoms with Crippen LogP contribution in [-0.4, -0.2) is 17.3 Å². The molecule has 0 radical (unpaired) electrons. The van der Waals surface area contributed by atoms with E-state index >= 15 is 0 Å². The van der Waals surface area contributed by atoms with Crippen molar-refractivity contribution < 1.29 is 4.79 Å². The van der Waals surface area contributed by atoms with Gasteiger partial charge in [0.2, 0.25) is 0 Å².